The number of aromatic amines is 1. The lowest BCUT2D eigenvalue weighted by Crippen LogP contribution is -2.39. The monoisotopic (exact) mass is 300 g/mol. The molecule has 9 nitrogen and oxygen atoms in total. The van der Waals surface area contributed by atoms with Crippen molar-refractivity contribution in [1.29, 1.82) is 0 Å². The number of aliphatic hydroxyl groups is 3. The second kappa shape index (κ2) is 5.90. The van der Waals surface area contributed by atoms with Gasteiger partial charge >= 0.3 is 5.69 Å². The molecule has 0 aromatic carbocycles. The van der Waals surface area contributed by atoms with Crippen LogP contribution in [0.4, 0.5) is 0 Å². The van der Waals surface area contributed by atoms with Crippen molar-refractivity contribution in [2.75, 3.05) is 6.61 Å². The van der Waals surface area contributed by atoms with Crippen LogP contribution in [0.2, 0.25) is 0 Å². The summed E-state index contributed by atoms with van der Waals surface area (Å²) in [7, 11) is 0. The SMILES string of the molecule is CCC(=O)c1cn([C@@H]2O[C@H](CO)[C@@H](O)[C@H]2O)c(=O)[nH]c1=O. The molecule has 1 aromatic heterocycles. The standard InChI is InChI=1S/C12H16N2O7/c1-2-6(16)5-3-14(12(20)13-10(5)19)11-9(18)8(17)7(4-15)21-11/h3,7-9,11,15,17-18H,2,4H2,1H3,(H,13,19,20)/t7-,8-,9-,11-/m1/s1. The molecule has 9 heteroatoms. The van der Waals surface area contributed by atoms with Crippen LogP contribution in [0.25, 0.3) is 0 Å². The second-order valence-electron chi connectivity index (χ2n) is 4.71. The first-order valence-corrected chi connectivity index (χ1v) is 6.41. The summed E-state index contributed by atoms with van der Waals surface area (Å²) in [5, 5.41) is 28.6. The van der Waals surface area contributed by atoms with Gasteiger partial charge in [0.15, 0.2) is 12.0 Å². The topological polar surface area (TPSA) is 142 Å². The molecule has 1 saturated heterocycles. The number of rotatable bonds is 4. The lowest BCUT2D eigenvalue weighted by Gasteiger charge is -2.17. The van der Waals surface area contributed by atoms with E-state index in [4.69, 9.17) is 9.84 Å². The summed E-state index contributed by atoms with van der Waals surface area (Å²) in [5.41, 5.74) is -1.95. The third-order valence-corrected chi connectivity index (χ3v) is 3.38. The lowest BCUT2D eigenvalue weighted by molar-refractivity contribution is -0.0551. The van der Waals surface area contributed by atoms with E-state index in [1.54, 1.807) is 6.92 Å². The van der Waals surface area contributed by atoms with Crippen LogP contribution in [0.3, 0.4) is 0 Å². The van der Waals surface area contributed by atoms with Gasteiger partial charge in [0.05, 0.1) is 12.2 Å². The fourth-order valence-corrected chi connectivity index (χ4v) is 2.17. The average molecular weight is 300 g/mol. The maximum Gasteiger partial charge on any atom is 0.330 e. The van der Waals surface area contributed by atoms with E-state index in [-0.39, 0.29) is 12.0 Å². The molecule has 1 aliphatic rings. The highest BCUT2D eigenvalue weighted by Gasteiger charge is 2.43. The Kier molecular flexibility index (Phi) is 4.37. The predicted octanol–water partition coefficient (Wildman–Crippen LogP) is -2.26. The van der Waals surface area contributed by atoms with Gasteiger partial charge < -0.3 is 20.1 Å². The highest BCUT2D eigenvalue weighted by molar-refractivity contribution is 5.95. The van der Waals surface area contributed by atoms with Gasteiger partial charge in [0.2, 0.25) is 0 Å². The molecule has 2 heterocycles. The molecule has 1 aromatic rings. The zero-order valence-corrected chi connectivity index (χ0v) is 11.2. The van der Waals surface area contributed by atoms with E-state index in [2.05, 4.69) is 0 Å². The normalized spacial score (nSPS) is 28.8. The number of carbonyl (C=O) groups excluding carboxylic acids is 1. The molecule has 0 amide bonds. The summed E-state index contributed by atoms with van der Waals surface area (Å²) in [6.45, 7) is 1.01. The van der Waals surface area contributed by atoms with Crippen molar-refractivity contribution in [3.63, 3.8) is 0 Å². The molecule has 1 aliphatic heterocycles. The minimum Gasteiger partial charge on any atom is -0.394 e. The van der Waals surface area contributed by atoms with Crippen molar-refractivity contribution in [1.82, 2.24) is 9.55 Å². The first-order valence-electron chi connectivity index (χ1n) is 6.41. The van der Waals surface area contributed by atoms with Crippen molar-refractivity contribution in [2.24, 2.45) is 0 Å². The van der Waals surface area contributed by atoms with Crippen LogP contribution in [0.15, 0.2) is 15.8 Å². The smallest absolute Gasteiger partial charge is 0.330 e. The third kappa shape index (κ3) is 2.68. The number of carbonyl (C=O) groups is 1. The number of hydrogen-bond acceptors (Lipinski definition) is 7. The molecular formula is C12H16N2O7. The van der Waals surface area contributed by atoms with Gasteiger partial charge in [-0.2, -0.15) is 0 Å². The number of aromatic nitrogens is 2. The van der Waals surface area contributed by atoms with E-state index >= 15 is 0 Å². The lowest BCUT2D eigenvalue weighted by atomic mass is 10.1. The zero-order chi connectivity index (χ0) is 15.7. The first-order chi connectivity index (χ1) is 9.90. The third-order valence-electron chi connectivity index (χ3n) is 3.38. The largest absolute Gasteiger partial charge is 0.394 e. The molecule has 0 spiro atoms. The Morgan fingerprint density at radius 2 is 2.05 bits per heavy atom. The number of nitrogens with one attached hydrogen (secondary N) is 1. The summed E-state index contributed by atoms with van der Waals surface area (Å²) in [6.07, 6.45) is -4.16. The molecule has 4 N–H and O–H groups in total. The maximum absolute atomic E-state index is 11.8. The van der Waals surface area contributed by atoms with Gasteiger partial charge in [-0.25, -0.2) is 4.79 Å². The van der Waals surface area contributed by atoms with Crippen LogP contribution < -0.4 is 11.2 Å². The summed E-state index contributed by atoms with van der Waals surface area (Å²) in [6, 6.07) is 0. The molecule has 0 unspecified atom stereocenters. The quantitative estimate of drug-likeness (QED) is 0.460. The van der Waals surface area contributed by atoms with Crippen LogP contribution in [0, 0.1) is 0 Å². The van der Waals surface area contributed by atoms with Gasteiger partial charge in [-0.3, -0.25) is 19.1 Å². The Morgan fingerprint density at radius 3 is 2.57 bits per heavy atom. The molecule has 2 rings (SSSR count). The highest BCUT2D eigenvalue weighted by atomic mass is 16.6. The van der Waals surface area contributed by atoms with Gasteiger partial charge in [-0.1, -0.05) is 6.92 Å². The number of hydrogen-bond donors (Lipinski definition) is 4. The number of ketones is 1. The molecule has 0 bridgehead atoms. The summed E-state index contributed by atoms with van der Waals surface area (Å²) >= 11 is 0. The Balaban J connectivity index is 2.47. The maximum atomic E-state index is 11.8. The van der Waals surface area contributed by atoms with Crippen molar-refractivity contribution >= 4 is 5.78 Å². The number of aliphatic hydroxyl groups excluding tert-OH is 3. The first kappa shape index (κ1) is 15.6. The Bertz CT molecular complexity index is 650. The Hall–Kier alpha value is -1.81. The second-order valence-corrected chi connectivity index (χ2v) is 4.71. The molecular weight excluding hydrogens is 284 g/mol. The van der Waals surface area contributed by atoms with Crippen LogP contribution in [-0.2, 0) is 4.74 Å². The number of H-pyrrole nitrogens is 1. The van der Waals surface area contributed by atoms with Gasteiger partial charge in [-0.15, -0.1) is 0 Å². The summed E-state index contributed by atoms with van der Waals surface area (Å²) in [4.78, 5) is 37.0. The molecule has 116 valence electrons. The summed E-state index contributed by atoms with van der Waals surface area (Å²) in [5.74, 6) is -0.475. The van der Waals surface area contributed by atoms with Crippen LogP contribution in [0.5, 0.6) is 0 Å². The van der Waals surface area contributed by atoms with Crippen molar-refractivity contribution in [3.8, 4) is 0 Å². The van der Waals surface area contributed by atoms with Gasteiger partial charge in [-0.05, 0) is 0 Å². The molecule has 0 radical (unpaired) electrons. The fourth-order valence-electron chi connectivity index (χ4n) is 2.17. The average Bonchev–Trinajstić information content (AvgIpc) is 2.74. The van der Waals surface area contributed by atoms with Gasteiger partial charge in [0.1, 0.15) is 18.3 Å². The van der Waals surface area contributed by atoms with Crippen molar-refractivity contribution in [2.45, 2.75) is 37.9 Å². The molecule has 4 atom stereocenters. The van der Waals surface area contributed by atoms with E-state index in [1.807, 2.05) is 4.98 Å². The summed E-state index contributed by atoms with van der Waals surface area (Å²) < 4.78 is 6.02. The van der Waals surface area contributed by atoms with E-state index < -0.39 is 48.2 Å². The van der Waals surface area contributed by atoms with Crippen molar-refractivity contribution in [3.05, 3.63) is 32.6 Å². The van der Waals surface area contributed by atoms with E-state index in [0.717, 1.165) is 10.8 Å². The fraction of sp³-hybridized carbons (Fsp3) is 0.583. The molecule has 0 aliphatic carbocycles. The van der Waals surface area contributed by atoms with Gasteiger partial charge in [0.25, 0.3) is 5.56 Å². The van der Waals surface area contributed by atoms with Crippen LogP contribution >= 0.6 is 0 Å². The van der Waals surface area contributed by atoms with Crippen molar-refractivity contribution < 1.29 is 24.9 Å². The van der Waals surface area contributed by atoms with E-state index in [9.17, 15) is 24.6 Å². The van der Waals surface area contributed by atoms with E-state index in [1.165, 1.54) is 0 Å². The minimum absolute atomic E-state index is 0.0667. The zero-order valence-electron chi connectivity index (χ0n) is 11.2. The van der Waals surface area contributed by atoms with Crippen LogP contribution in [-0.4, -0.2) is 55.6 Å². The van der Waals surface area contributed by atoms with E-state index in [0.29, 0.717) is 0 Å². The number of Topliss-reactive ketones (excluding diaryl/α,β-unsaturated/α-hetero) is 1. The highest BCUT2D eigenvalue weighted by Crippen LogP contribution is 2.27. The number of ether oxygens (including phenoxy) is 1. The molecule has 0 saturated carbocycles. The van der Waals surface area contributed by atoms with Crippen LogP contribution in [0.1, 0.15) is 29.9 Å². The minimum atomic E-state index is -1.48. The number of nitrogens with zero attached hydrogens (tertiary/aromatic N) is 1. The Labute approximate surface area is 118 Å². The Morgan fingerprint density at radius 1 is 1.38 bits per heavy atom. The van der Waals surface area contributed by atoms with Gasteiger partial charge in [0, 0.05) is 12.6 Å². The molecule has 1 fully saturated rings. The molecule has 21 heavy (non-hydrogen) atoms. The predicted molar refractivity (Wildman–Crippen MR) is 69.0 cm³/mol.